The number of carbonyl (C=O) groups excluding carboxylic acids is 2. The lowest BCUT2D eigenvalue weighted by Crippen LogP contribution is -2.43. The maximum atomic E-state index is 12.4. The number of hydrogen-bond donors (Lipinski definition) is 3. The molecule has 1 saturated carbocycles. The number of rotatable bonds is 9. The highest BCUT2D eigenvalue weighted by Gasteiger charge is 2.30. The predicted octanol–water partition coefficient (Wildman–Crippen LogP) is 4.52. The van der Waals surface area contributed by atoms with Crippen molar-refractivity contribution in [1.29, 1.82) is 0 Å². The van der Waals surface area contributed by atoms with Crippen molar-refractivity contribution in [1.82, 2.24) is 5.32 Å². The van der Waals surface area contributed by atoms with E-state index in [1.54, 1.807) is 52.8 Å². The van der Waals surface area contributed by atoms with Crippen LogP contribution in [0.4, 0.5) is 4.79 Å². The SMILES string of the molecule is COc1cc(OC)cc(C(C)(C)OC(=O)N[C@@H](CCC(=O)OC(C)(C)C)C(=O)O)c1.NC1CCCCC1. The molecule has 1 fully saturated rings. The summed E-state index contributed by atoms with van der Waals surface area (Å²) in [6.45, 7) is 8.44. The molecule has 210 valence electrons. The van der Waals surface area contributed by atoms with Crippen LogP contribution in [0.25, 0.3) is 0 Å². The van der Waals surface area contributed by atoms with E-state index in [2.05, 4.69) is 5.32 Å². The molecule has 1 aromatic carbocycles. The lowest BCUT2D eigenvalue weighted by molar-refractivity contribution is -0.155. The maximum Gasteiger partial charge on any atom is 0.408 e. The van der Waals surface area contributed by atoms with Crippen LogP contribution in [0, 0.1) is 0 Å². The Hall–Kier alpha value is -3.01. The quantitative estimate of drug-likeness (QED) is 0.397. The normalized spacial score (nSPS) is 14.9. The van der Waals surface area contributed by atoms with Crippen molar-refractivity contribution in [3.05, 3.63) is 23.8 Å². The summed E-state index contributed by atoms with van der Waals surface area (Å²) in [6, 6.07) is 4.28. The average molecular weight is 525 g/mol. The molecule has 1 aliphatic rings. The lowest BCUT2D eigenvalue weighted by Gasteiger charge is -2.27. The third-order valence-corrected chi connectivity index (χ3v) is 5.69. The van der Waals surface area contributed by atoms with Gasteiger partial charge in [-0.3, -0.25) is 4.79 Å². The number of esters is 1. The molecule has 10 nitrogen and oxygen atoms in total. The van der Waals surface area contributed by atoms with Crippen molar-refractivity contribution in [3.8, 4) is 11.5 Å². The van der Waals surface area contributed by atoms with Gasteiger partial charge in [0.2, 0.25) is 0 Å². The lowest BCUT2D eigenvalue weighted by atomic mass is 9.97. The molecule has 0 unspecified atom stereocenters. The van der Waals surface area contributed by atoms with Gasteiger partial charge in [-0.2, -0.15) is 0 Å². The highest BCUT2D eigenvalue weighted by Crippen LogP contribution is 2.32. The van der Waals surface area contributed by atoms with E-state index in [0.29, 0.717) is 23.1 Å². The predicted molar refractivity (Wildman–Crippen MR) is 140 cm³/mol. The van der Waals surface area contributed by atoms with Crippen LogP contribution in [0.2, 0.25) is 0 Å². The summed E-state index contributed by atoms with van der Waals surface area (Å²) in [4.78, 5) is 35.7. The molecule has 0 aromatic heterocycles. The molecule has 1 atom stereocenters. The molecule has 1 aromatic rings. The summed E-state index contributed by atoms with van der Waals surface area (Å²) >= 11 is 0. The summed E-state index contributed by atoms with van der Waals surface area (Å²) in [6.07, 6.45) is 5.44. The van der Waals surface area contributed by atoms with Crippen LogP contribution in [-0.2, 0) is 24.7 Å². The fourth-order valence-electron chi connectivity index (χ4n) is 3.66. The summed E-state index contributed by atoms with van der Waals surface area (Å²) in [7, 11) is 3.00. The van der Waals surface area contributed by atoms with Gasteiger partial charge in [0.15, 0.2) is 0 Å². The van der Waals surface area contributed by atoms with Gasteiger partial charge in [-0.15, -0.1) is 0 Å². The van der Waals surface area contributed by atoms with Crippen molar-refractivity contribution >= 4 is 18.0 Å². The molecule has 4 N–H and O–H groups in total. The Morgan fingerprint density at radius 2 is 1.51 bits per heavy atom. The van der Waals surface area contributed by atoms with E-state index >= 15 is 0 Å². The number of alkyl carbamates (subject to hydrolysis) is 1. The van der Waals surface area contributed by atoms with Gasteiger partial charge < -0.3 is 35.1 Å². The number of carbonyl (C=O) groups is 3. The largest absolute Gasteiger partial charge is 0.497 e. The topological polar surface area (TPSA) is 146 Å². The van der Waals surface area contributed by atoms with Gasteiger partial charge in [0.25, 0.3) is 0 Å². The van der Waals surface area contributed by atoms with Crippen LogP contribution in [0.3, 0.4) is 0 Å². The molecular formula is C27H44N2O8. The molecule has 1 aliphatic carbocycles. The molecule has 0 aliphatic heterocycles. The fraction of sp³-hybridized carbons (Fsp3) is 0.667. The zero-order chi connectivity index (χ0) is 28.2. The molecule has 2 rings (SSSR count). The van der Waals surface area contributed by atoms with Crippen molar-refractivity contribution in [2.75, 3.05) is 14.2 Å². The van der Waals surface area contributed by atoms with Gasteiger partial charge in [0.1, 0.15) is 28.7 Å². The molecule has 0 spiro atoms. The summed E-state index contributed by atoms with van der Waals surface area (Å²) in [5, 5.41) is 11.7. The number of carboxylic acid groups (broad SMARTS) is 1. The number of nitrogens with one attached hydrogen (secondary N) is 1. The highest BCUT2D eigenvalue weighted by atomic mass is 16.6. The van der Waals surface area contributed by atoms with Gasteiger partial charge >= 0.3 is 18.0 Å². The third-order valence-electron chi connectivity index (χ3n) is 5.69. The van der Waals surface area contributed by atoms with E-state index in [0.717, 1.165) is 0 Å². The van der Waals surface area contributed by atoms with E-state index < -0.39 is 35.3 Å². The summed E-state index contributed by atoms with van der Waals surface area (Å²) in [5.41, 5.74) is 4.44. The Labute approximate surface area is 220 Å². The van der Waals surface area contributed by atoms with Crippen molar-refractivity contribution in [2.45, 2.75) is 103 Å². The first-order valence-electron chi connectivity index (χ1n) is 12.6. The maximum absolute atomic E-state index is 12.4. The van der Waals surface area contributed by atoms with Crippen molar-refractivity contribution < 1.29 is 38.4 Å². The second-order valence-electron chi connectivity index (χ2n) is 10.6. The second kappa shape index (κ2) is 14.7. The van der Waals surface area contributed by atoms with Crippen LogP contribution in [0.5, 0.6) is 11.5 Å². The fourth-order valence-corrected chi connectivity index (χ4v) is 3.66. The highest BCUT2D eigenvalue weighted by molar-refractivity contribution is 5.81. The third kappa shape index (κ3) is 12.7. The van der Waals surface area contributed by atoms with Gasteiger partial charge in [-0.25, -0.2) is 9.59 Å². The molecule has 0 saturated heterocycles. The minimum atomic E-state index is -1.30. The number of aliphatic carboxylic acids is 1. The monoisotopic (exact) mass is 524 g/mol. The van der Waals surface area contributed by atoms with E-state index in [-0.39, 0.29) is 12.8 Å². The minimum Gasteiger partial charge on any atom is -0.497 e. The smallest absolute Gasteiger partial charge is 0.408 e. The number of benzene rings is 1. The Morgan fingerprint density at radius 1 is 0.973 bits per heavy atom. The zero-order valence-electron chi connectivity index (χ0n) is 23.2. The van der Waals surface area contributed by atoms with Crippen LogP contribution in [-0.4, -0.2) is 55.0 Å². The van der Waals surface area contributed by atoms with Crippen LogP contribution in [0.15, 0.2) is 18.2 Å². The summed E-state index contributed by atoms with van der Waals surface area (Å²) in [5.74, 6) is -0.798. The molecule has 0 heterocycles. The number of amides is 1. The van der Waals surface area contributed by atoms with Gasteiger partial charge in [0, 0.05) is 24.1 Å². The number of hydrogen-bond acceptors (Lipinski definition) is 8. The number of ether oxygens (including phenoxy) is 4. The number of carboxylic acids is 1. The molecule has 1 amide bonds. The summed E-state index contributed by atoms with van der Waals surface area (Å²) < 4.78 is 21.1. The zero-order valence-corrected chi connectivity index (χ0v) is 23.2. The molecular weight excluding hydrogens is 480 g/mol. The average Bonchev–Trinajstić information content (AvgIpc) is 2.80. The van der Waals surface area contributed by atoms with E-state index in [4.69, 9.17) is 24.7 Å². The first kappa shape index (κ1) is 32.0. The number of nitrogens with two attached hydrogens (primary N) is 1. The standard InChI is InChI=1S/C21H31NO8.C6H13N/c1-20(2,3)29-17(23)9-8-16(18(24)25)22-19(26)30-21(4,5)13-10-14(27-6)12-15(11-13)28-7;7-6-4-2-1-3-5-6/h10-12,16H,8-9H2,1-7H3,(H,22,26)(H,24,25);6H,1-5,7H2/t16-;/m0./s1. The molecule has 37 heavy (non-hydrogen) atoms. The van der Waals surface area contributed by atoms with E-state index in [1.807, 2.05) is 0 Å². The molecule has 0 bridgehead atoms. The van der Waals surface area contributed by atoms with Gasteiger partial charge in [-0.1, -0.05) is 19.3 Å². The van der Waals surface area contributed by atoms with Crippen LogP contribution < -0.4 is 20.5 Å². The Morgan fingerprint density at radius 3 is 1.92 bits per heavy atom. The molecule has 0 radical (unpaired) electrons. The second-order valence-corrected chi connectivity index (χ2v) is 10.6. The molecule has 10 heteroatoms. The Balaban J connectivity index is 0.000000836. The Kier molecular flexibility index (Phi) is 12.7. The first-order chi connectivity index (χ1) is 17.2. The first-order valence-corrected chi connectivity index (χ1v) is 12.6. The van der Waals surface area contributed by atoms with Crippen LogP contribution >= 0.6 is 0 Å². The van der Waals surface area contributed by atoms with Crippen molar-refractivity contribution in [2.24, 2.45) is 5.73 Å². The number of methoxy groups -OCH3 is 2. The Bertz CT molecular complexity index is 867. The van der Waals surface area contributed by atoms with Gasteiger partial charge in [0.05, 0.1) is 14.2 Å². The van der Waals surface area contributed by atoms with Crippen LogP contribution in [0.1, 0.15) is 85.1 Å². The van der Waals surface area contributed by atoms with Crippen molar-refractivity contribution in [3.63, 3.8) is 0 Å². The van der Waals surface area contributed by atoms with E-state index in [1.165, 1.54) is 46.3 Å². The minimum absolute atomic E-state index is 0.132. The van der Waals surface area contributed by atoms with E-state index in [9.17, 15) is 19.5 Å². The van der Waals surface area contributed by atoms with Gasteiger partial charge in [-0.05, 0) is 66.0 Å².